The Labute approximate surface area is 146 Å². The first-order valence-electron chi connectivity index (χ1n) is 8.75. The van der Waals surface area contributed by atoms with Crippen molar-refractivity contribution < 1.29 is 13.9 Å². The summed E-state index contributed by atoms with van der Waals surface area (Å²) in [6.07, 6.45) is 3.26. The van der Waals surface area contributed by atoms with Gasteiger partial charge in [0, 0.05) is 30.0 Å². The molecule has 0 unspecified atom stereocenters. The van der Waals surface area contributed by atoms with Crippen molar-refractivity contribution in [3.05, 3.63) is 58.9 Å². The lowest BCUT2D eigenvalue weighted by Gasteiger charge is -2.29. The predicted octanol–water partition coefficient (Wildman–Crippen LogP) is 3.40. The summed E-state index contributed by atoms with van der Waals surface area (Å²) in [6, 6.07) is 10.5. The molecule has 1 heterocycles. The lowest BCUT2D eigenvalue weighted by atomic mass is 10.1. The first-order chi connectivity index (χ1) is 12.2. The number of nitrogens with zero attached hydrogens (tertiary/aromatic N) is 1. The zero-order valence-corrected chi connectivity index (χ0v) is 14.1. The fourth-order valence-corrected chi connectivity index (χ4v) is 3.57. The number of benzene rings is 2. The maximum atomic E-state index is 14.0. The third kappa shape index (κ3) is 3.51. The fourth-order valence-electron chi connectivity index (χ4n) is 3.57. The minimum atomic E-state index is -0.353. The van der Waals surface area contributed by atoms with Gasteiger partial charge >= 0.3 is 0 Å². The molecular weight excluding hydrogens is 319 g/mol. The Morgan fingerprint density at radius 3 is 2.68 bits per heavy atom. The second-order valence-electron chi connectivity index (χ2n) is 6.59. The average Bonchev–Trinajstić information content (AvgIpc) is 3.09. The topological polar surface area (TPSA) is 41.6 Å². The molecule has 0 bridgehead atoms. The van der Waals surface area contributed by atoms with Crippen molar-refractivity contribution in [2.75, 3.05) is 36.5 Å². The van der Waals surface area contributed by atoms with Crippen LogP contribution in [0, 0.1) is 5.82 Å². The number of hydrogen-bond donors (Lipinski definition) is 1. The van der Waals surface area contributed by atoms with Crippen molar-refractivity contribution in [1.82, 2.24) is 0 Å². The number of carbonyl (C=O) groups is 1. The van der Waals surface area contributed by atoms with Crippen LogP contribution in [0.2, 0.25) is 0 Å². The number of aryl methyl sites for hydroxylation is 2. The summed E-state index contributed by atoms with van der Waals surface area (Å²) >= 11 is 0. The van der Waals surface area contributed by atoms with E-state index in [1.165, 1.54) is 23.3 Å². The number of ether oxygens (including phenoxy) is 1. The summed E-state index contributed by atoms with van der Waals surface area (Å²) in [4.78, 5) is 14.6. The van der Waals surface area contributed by atoms with Gasteiger partial charge in [-0.3, -0.25) is 4.79 Å². The van der Waals surface area contributed by atoms with E-state index < -0.39 is 0 Å². The van der Waals surface area contributed by atoms with Crippen LogP contribution in [0.3, 0.4) is 0 Å². The van der Waals surface area contributed by atoms with E-state index in [4.69, 9.17) is 4.74 Å². The molecule has 0 spiro atoms. The molecule has 5 heteroatoms. The molecule has 0 aromatic heterocycles. The standard InChI is InChI=1S/C20H21FN2O2/c21-17-11-18(13-19(12-17)23-6-8-25-9-7-23)22-20(24)16-5-4-14-2-1-3-15(14)10-16/h4-5,10-13H,1-3,6-9H2,(H,22,24). The number of halogens is 1. The van der Waals surface area contributed by atoms with Gasteiger partial charge in [-0.1, -0.05) is 6.07 Å². The van der Waals surface area contributed by atoms with Crippen molar-refractivity contribution in [3.63, 3.8) is 0 Å². The Bertz CT molecular complexity index is 800. The number of anilines is 2. The van der Waals surface area contributed by atoms with Crippen LogP contribution in [0.4, 0.5) is 15.8 Å². The maximum absolute atomic E-state index is 14.0. The minimum absolute atomic E-state index is 0.201. The van der Waals surface area contributed by atoms with Gasteiger partial charge in [0.05, 0.1) is 13.2 Å². The van der Waals surface area contributed by atoms with Crippen molar-refractivity contribution in [2.45, 2.75) is 19.3 Å². The SMILES string of the molecule is O=C(Nc1cc(F)cc(N2CCOCC2)c1)c1ccc2c(c1)CCC2. The van der Waals surface area contributed by atoms with Gasteiger partial charge in [0.15, 0.2) is 0 Å². The van der Waals surface area contributed by atoms with Gasteiger partial charge in [-0.15, -0.1) is 0 Å². The number of hydrogen-bond acceptors (Lipinski definition) is 3. The molecule has 0 atom stereocenters. The molecule has 1 fully saturated rings. The summed E-state index contributed by atoms with van der Waals surface area (Å²) < 4.78 is 19.3. The summed E-state index contributed by atoms with van der Waals surface area (Å²) in [7, 11) is 0. The number of carbonyl (C=O) groups excluding carboxylic acids is 1. The Morgan fingerprint density at radius 1 is 1.04 bits per heavy atom. The largest absolute Gasteiger partial charge is 0.378 e. The van der Waals surface area contributed by atoms with Crippen LogP contribution in [-0.4, -0.2) is 32.2 Å². The quantitative estimate of drug-likeness (QED) is 0.931. The molecule has 1 N–H and O–H groups in total. The average molecular weight is 340 g/mol. The van der Waals surface area contributed by atoms with Crippen molar-refractivity contribution in [1.29, 1.82) is 0 Å². The zero-order valence-electron chi connectivity index (χ0n) is 14.1. The molecule has 2 aliphatic rings. The highest BCUT2D eigenvalue weighted by atomic mass is 19.1. The van der Waals surface area contributed by atoms with Crippen molar-refractivity contribution in [2.24, 2.45) is 0 Å². The van der Waals surface area contributed by atoms with E-state index in [1.807, 2.05) is 24.3 Å². The van der Waals surface area contributed by atoms with Gasteiger partial charge < -0.3 is 15.0 Å². The van der Waals surface area contributed by atoms with E-state index in [0.717, 1.165) is 38.0 Å². The fraction of sp³-hybridized carbons (Fsp3) is 0.350. The molecule has 1 amide bonds. The van der Waals surface area contributed by atoms with Gasteiger partial charge in [-0.2, -0.15) is 0 Å². The van der Waals surface area contributed by atoms with E-state index >= 15 is 0 Å². The Kier molecular flexibility index (Phi) is 4.40. The predicted molar refractivity (Wildman–Crippen MR) is 95.9 cm³/mol. The number of amides is 1. The third-order valence-electron chi connectivity index (χ3n) is 4.88. The molecule has 0 saturated carbocycles. The Morgan fingerprint density at radius 2 is 1.84 bits per heavy atom. The third-order valence-corrected chi connectivity index (χ3v) is 4.88. The molecule has 25 heavy (non-hydrogen) atoms. The van der Waals surface area contributed by atoms with Gasteiger partial charge in [-0.05, 0) is 60.7 Å². The van der Waals surface area contributed by atoms with Crippen LogP contribution < -0.4 is 10.2 Å². The van der Waals surface area contributed by atoms with Crippen LogP contribution >= 0.6 is 0 Å². The molecule has 130 valence electrons. The highest BCUT2D eigenvalue weighted by Gasteiger charge is 2.16. The van der Waals surface area contributed by atoms with E-state index in [1.54, 1.807) is 0 Å². The van der Waals surface area contributed by atoms with Crippen LogP contribution in [-0.2, 0) is 17.6 Å². The lowest BCUT2D eigenvalue weighted by Crippen LogP contribution is -2.36. The number of fused-ring (bicyclic) bond motifs is 1. The summed E-state index contributed by atoms with van der Waals surface area (Å²) in [5.41, 5.74) is 4.45. The summed E-state index contributed by atoms with van der Waals surface area (Å²) in [5, 5.41) is 2.83. The van der Waals surface area contributed by atoms with E-state index in [9.17, 15) is 9.18 Å². The molecule has 1 aliphatic heterocycles. The molecule has 0 radical (unpaired) electrons. The van der Waals surface area contributed by atoms with Crippen LogP contribution in [0.5, 0.6) is 0 Å². The van der Waals surface area contributed by atoms with Crippen LogP contribution in [0.25, 0.3) is 0 Å². The molecule has 1 saturated heterocycles. The molecule has 4 rings (SSSR count). The molecule has 2 aromatic carbocycles. The van der Waals surface area contributed by atoms with Crippen molar-refractivity contribution >= 4 is 17.3 Å². The van der Waals surface area contributed by atoms with E-state index in [-0.39, 0.29) is 11.7 Å². The Balaban J connectivity index is 1.53. The molecule has 4 nitrogen and oxygen atoms in total. The van der Waals surface area contributed by atoms with E-state index in [0.29, 0.717) is 24.5 Å². The van der Waals surface area contributed by atoms with Gasteiger partial charge in [-0.25, -0.2) is 4.39 Å². The van der Waals surface area contributed by atoms with Gasteiger partial charge in [0.25, 0.3) is 5.91 Å². The highest BCUT2D eigenvalue weighted by molar-refractivity contribution is 6.04. The highest BCUT2D eigenvalue weighted by Crippen LogP contribution is 2.25. The number of rotatable bonds is 3. The second-order valence-corrected chi connectivity index (χ2v) is 6.59. The molecule has 1 aliphatic carbocycles. The van der Waals surface area contributed by atoms with Crippen molar-refractivity contribution in [3.8, 4) is 0 Å². The maximum Gasteiger partial charge on any atom is 0.255 e. The first-order valence-corrected chi connectivity index (χ1v) is 8.75. The monoisotopic (exact) mass is 340 g/mol. The lowest BCUT2D eigenvalue weighted by molar-refractivity contribution is 0.102. The molecular formula is C20H21FN2O2. The van der Waals surface area contributed by atoms with Crippen LogP contribution in [0.15, 0.2) is 36.4 Å². The number of morpholine rings is 1. The normalized spacial score (nSPS) is 16.6. The zero-order chi connectivity index (χ0) is 17.2. The van der Waals surface area contributed by atoms with Gasteiger partial charge in [0.1, 0.15) is 5.82 Å². The van der Waals surface area contributed by atoms with Gasteiger partial charge in [0.2, 0.25) is 0 Å². The van der Waals surface area contributed by atoms with E-state index in [2.05, 4.69) is 10.2 Å². The van der Waals surface area contributed by atoms with Crippen LogP contribution in [0.1, 0.15) is 27.9 Å². The second kappa shape index (κ2) is 6.84. The smallest absolute Gasteiger partial charge is 0.255 e. The number of nitrogens with one attached hydrogen (secondary N) is 1. The molecule has 2 aromatic rings. The summed E-state index contributed by atoms with van der Waals surface area (Å²) in [6.45, 7) is 2.71. The summed E-state index contributed by atoms with van der Waals surface area (Å²) in [5.74, 6) is -0.554. The Hall–Kier alpha value is -2.40. The minimum Gasteiger partial charge on any atom is -0.378 e. The first kappa shape index (κ1) is 16.1.